The predicted octanol–water partition coefficient (Wildman–Crippen LogP) is 3.93. The summed E-state index contributed by atoms with van der Waals surface area (Å²) >= 11 is 2.30. The minimum absolute atomic E-state index is 0.0261. The molecule has 164 valence electrons. The maximum atomic E-state index is 13.2. The van der Waals surface area contributed by atoms with Gasteiger partial charge in [-0.25, -0.2) is 17.8 Å². The molecule has 0 saturated carbocycles. The molecule has 0 unspecified atom stereocenters. The van der Waals surface area contributed by atoms with Crippen molar-refractivity contribution in [3.63, 3.8) is 0 Å². The number of rotatable bonds is 6. The van der Waals surface area contributed by atoms with Crippen molar-refractivity contribution in [1.29, 1.82) is 0 Å². The van der Waals surface area contributed by atoms with Gasteiger partial charge in [-0.15, -0.1) is 11.3 Å². The number of amides is 1. The van der Waals surface area contributed by atoms with E-state index in [2.05, 4.69) is 15.3 Å². The second-order valence-corrected chi connectivity index (χ2v) is 10.6. The molecule has 0 atom stereocenters. The molecule has 0 radical (unpaired) electrons. The molecular formula is C21H16FN3O4S3. The summed E-state index contributed by atoms with van der Waals surface area (Å²) in [6.45, 7) is 0. The van der Waals surface area contributed by atoms with E-state index in [1.165, 1.54) is 35.6 Å². The fraction of sp³-hybridized carbons (Fsp3) is 0.0952. The maximum absolute atomic E-state index is 13.2. The van der Waals surface area contributed by atoms with Gasteiger partial charge in [0.2, 0.25) is 5.91 Å². The van der Waals surface area contributed by atoms with Gasteiger partial charge in [0.1, 0.15) is 10.6 Å². The minimum Gasteiger partial charge on any atom is -0.324 e. The van der Waals surface area contributed by atoms with Gasteiger partial charge in [0.25, 0.3) is 5.56 Å². The highest BCUT2D eigenvalue weighted by atomic mass is 32.2. The van der Waals surface area contributed by atoms with E-state index in [1.807, 2.05) is 0 Å². The van der Waals surface area contributed by atoms with E-state index in [-0.39, 0.29) is 32.9 Å². The number of carbonyl (C=O) groups is 1. The van der Waals surface area contributed by atoms with E-state index in [9.17, 15) is 22.4 Å². The van der Waals surface area contributed by atoms with Crippen molar-refractivity contribution < 1.29 is 17.6 Å². The number of thioether (sulfide) groups is 1. The van der Waals surface area contributed by atoms with Gasteiger partial charge < -0.3 is 10.3 Å². The van der Waals surface area contributed by atoms with Crippen LogP contribution in [0.25, 0.3) is 21.3 Å². The van der Waals surface area contributed by atoms with Crippen LogP contribution in [-0.4, -0.2) is 36.3 Å². The molecule has 4 aromatic rings. The summed E-state index contributed by atoms with van der Waals surface area (Å²) < 4.78 is 36.9. The number of fused-ring (bicyclic) bond motifs is 1. The number of hydrogen-bond acceptors (Lipinski definition) is 7. The molecule has 0 bridgehead atoms. The van der Waals surface area contributed by atoms with Gasteiger partial charge in [0.15, 0.2) is 15.0 Å². The lowest BCUT2D eigenvalue weighted by Crippen LogP contribution is -2.17. The van der Waals surface area contributed by atoms with Crippen LogP contribution in [0.1, 0.15) is 0 Å². The molecule has 1 amide bonds. The Morgan fingerprint density at radius 1 is 1.19 bits per heavy atom. The van der Waals surface area contributed by atoms with Crippen LogP contribution in [0.3, 0.4) is 0 Å². The Morgan fingerprint density at radius 2 is 1.91 bits per heavy atom. The smallest absolute Gasteiger partial charge is 0.260 e. The Bertz CT molecular complexity index is 1480. The molecule has 0 aliphatic carbocycles. The topological polar surface area (TPSA) is 109 Å². The number of hydrogen-bond donors (Lipinski definition) is 2. The van der Waals surface area contributed by atoms with Gasteiger partial charge >= 0.3 is 0 Å². The van der Waals surface area contributed by atoms with E-state index >= 15 is 0 Å². The molecule has 2 aromatic heterocycles. The fourth-order valence-corrected chi connectivity index (χ4v) is 5.56. The number of anilines is 1. The number of H-pyrrole nitrogens is 1. The van der Waals surface area contributed by atoms with Gasteiger partial charge in [0.05, 0.1) is 21.7 Å². The number of para-hydroxylation sites is 1. The molecule has 11 heteroatoms. The molecule has 4 rings (SSSR count). The summed E-state index contributed by atoms with van der Waals surface area (Å²) in [4.78, 5) is 32.6. The average molecular weight is 490 g/mol. The van der Waals surface area contributed by atoms with Crippen molar-refractivity contribution in [3.8, 4) is 11.1 Å². The van der Waals surface area contributed by atoms with E-state index in [4.69, 9.17) is 0 Å². The molecular weight excluding hydrogens is 473 g/mol. The fourth-order valence-electron chi connectivity index (χ4n) is 3.05. The van der Waals surface area contributed by atoms with Gasteiger partial charge in [-0.05, 0) is 29.8 Å². The highest BCUT2D eigenvalue weighted by Crippen LogP contribution is 2.31. The SMILES string of the molecule is CS(=O)(=O)c1ccccc1NC(=O)CSc1nc2scc(-c3ccc(F)cc3)c2c(=O)[nH]1. The van der Waals surface area contributed by atoms with Crippen molar-refractivity contribution in [2.24, 2.45) is 0 Å². The molecule has 0 aliphatic rings. The summed E-state index contributed by atoms with van der Waals surface area (Å²) in [5.74, 6) is -0.883. The Morgan fingerprint density at radius 3 is 2.62 bits per heavy atom. The van der Waals surface area contributed by atoms with E-state index < -0.39 is 15.7 Å². The number of halogens is 1. The first kappa shape index (κ1) is 22.2. The Hall–Kier alpha value is -3.02. The predicted molar refractivity (Wildman–Crippen MR) is 125 cm³/mol. The Kier molecular flexibility index (Phi) is 6.13. The zero-order valence-electron chi connectivity index (χ0n) is 16.6. The second-order valence-electron chi connectivity index (χ2n) is 6.81. The quantitative estimate of drug-likeness (QED) is 0.314. The maximum Gasteiger partial charge on any atom is 0.260 e. The Balaban J connectivity index is 1.52. The van der Waals surface area contributed by atoms with Crippen LogP contribution in [0, 0.1) is 5.82 Å². The molecule has 2 aromatic carbocycles. The zero-order chi connectivity index (χ0) is 22.9. The highest BCUT2D eigenvalue weighted by Gasteiger charge is 2.16. The third-order valence-electron chi connectivity index (χ3n) is 4.48. The van der Waals surface area contributed by atoms with Crippen LogP contribution in [-0.2, 0) is 14.6 Å². The lowest BCUT2D eigenvalue weighted by molar-refractivity contribution is -0.113. The minimum atomic E-state index is -3.50. The van der Waals surface area contributed by atoms with Crippen molar-refractivity contribution in [2.75, 3.05) is 17.3 Å². The summed E-state index contributed by atoms with van der Waals surface area (Å²) in [5, 5.41) is 5.03. The van der Waals surface area contributed by atoms with Crippen LogP contribution in [0.2, 0.25) is 0 Å². The molecule has 0 saturated heterocycles. The Labute approximate surface area is 190 Å². The van der Waals surface area contributed by atoms with Gasteiger partial charge in [-0.3, -0.25) is 9.59 Å². The molecule has 2 heterocycles. The number of aromatic amines is 1. The third-order valence-corrected chi connectivity index (χ3v) is 7.38. The van der Waals surface area contributed by atoms with Crippen LogP contribution >= 0.6 is 23.1 Å². The number of sulfone groups is 1. The number of benzene rings is 2. The van der Waals surface area contributed by atoms with Crippen LogP contribution in [0.5, 0.6) is 0 Å². The average Bonchev–Trinajstić information content (AvgIpc) is 3.17. The van der Waals surface area contributed by atoms with Gasteiger partial charge in [0, 0.05) is 17.2 Å². The lowest BCUT2D eigenvalue weighted by Gasteiger charge is -2.09. The second kappa shape index (κ2) is 8.85. The van der Waals surface area contributed by atoms with Crippen LogP contribution < -0.4 is 10.9 Å². The normalized spacial score (nSPS) is 11.6. The summed E-state index contributed by atoms with van der Waals surface area (Å²) in [6.07, 6.45) is 1.07. The summed E-state index contributed by atoms with van der Waals surface area (Å²) in [7, 11) is -3.50. The number of aromatic nitrogens is 2. The number of nitrogens with one attached hydrogen (secondary N) is 2. The first-order valence-electron chi connectivity index (χ1n) is 9.21. The molecule has 0 aliphatic heterocycles. The van der Waals surface area contributed by atoms with E-state index in [0.717, 1.165) is 18.0 Å². The number of nitrogens with zero attached hydrogens (tertiary/aromatic N) is 1. The first-order valence-corrected chi connectivity index (χ1v) is 13.0. The molecule has 2 N–H and O–H groups in total. The zero-order valence-corrected chi connectivity index (χ0v) is 19.0. The molecule has 7 nitrogen and oxygen atoms in total. The summed E-state index contributed by atoms with van der Waals surface area (Å²) in [5.41, 5.74) is 1.19. The number of carbonyl (C=O) groups excluding carboxylic acids is 1. The first-order chi connectivity index (χ1) is 15.2. The lowest BCUT2D eigenvalue weighted by atomic mass is 10.1. The van der Waals surface area contributed by atoms with Gasteiger partial charge in [-0.2, -0.15) is 0 Å². The van der Waals surface area contributed by atoms with Crippen molar-refractivity contribution in [1.82, 2.24) is 9.97 Å². The monoisotopic (exact) mass is 489 g/mol. The van der Waals surface area contributed by atoms with Crippen molar-refractivity contribution in [2.45, 2.75) is 10.1 Å². The summed E-state index contributed by atoms with van der Waals surface area (Å²) in [6, 6.07) is 12.0. The van der Waals surface area contributed by atoms with Gasteiger partial charge in [-0.1, -0.05) is 36.0 Å². The third kappa shape index (κ3) is 4.74. The van der Waals surface area contributed by atoms with Crippen LogP contribution in [0.4, 0.5) is 10.1 Å². The van der Waals surface area contributed by atoms with E-state index in [0.29, 0.717) is 21.3 Å². The van der Waals surface area contributed by atoms with E-state index in [1.54, 1.807) is 29.6 Å². The largest absolute Gasteiger partial charge is 0.324 e. The van der Waals surface area contributed by atoms with Crippen molar-refractivity contribution in [3.05, 3.63) is 70.1 Å². The van der Waals surface area contributed by atoms with Crippen molar-refractivity contribution >= 4 is 54.7 Å². The molecule has 0 spiro atoms. The number of thiophene rings is 1. The standard InChI is InChI=1S/C21H16FN3O4S3/c1-32(28,29)16-5-3-2-4-15(16)23-17(26)11-31-21-24-19(27)18-14(10-30-20(18)25-21)12-6-8-13(22)9-7-12/h2-10H,11H2,1H3,(H,23,26)(H,24,25,27). The molecule has 32 heavy (non-hydrogen) atoms. The highest BCUT2D eigenvalue weighted by molar-refractivity contribution is 7.99. The molecule has 0 fully saturated rings. The van der Waals surface area contributed by atoms with Crippen LogP contribution in [0.15, 0.2) is 68.8 Å².